The largest absolute Gasteiger partial charge is 0.379 e. The van der Waals surface area contributed by atoms with Crippen molar-refractivity contribution in [2.24, 2.45) is 0 Å². The van der Waals surface area contributed by atoms with E-state index in [2.05, 4.69) is 10.2 Å². The van der Waals surface area contributed by atoms with Crippen LogP contribution in [-0.4, -0.2) is 70.6 Å². The van der Waals surface area contributed by atoms with Gasteiger partial charge in [-0.3, -0.25) is 14.5 Å². The Kier molecular flexibility index (Phi) is 6.60. The number of carbonyl (C=O) groups is 2. The molecule has 34 heavy (non-hydrogen) atoms. The zero-order valence-corrected chi connectivity index (χ0v) is 19.5. The highest BCUT2D eigenvalue weighted by Gasteiger charge is 2.40. The number of benzene rings is 2. The van der Waals surface area contributed by atoms with Gasteiger partial charge in [-0.2, -0.15) is 0 Å². The van der Waals surface area contributed by atoms with Crippen molar-refractivity contribution in [1.82, 2.24) is 24.7 Å². The third-order valence-corrected chi connectivity index (χ3v) is 6.77. The van der Waals surface area contributed by atoms with Crippen molar-refractivity contribution in [2.45, 2.75) is 32.0 Å². The molecule has 2 aromatic carbocycles. The molecule has 3 aromatic rings. The van der Waals surface area contributed by atoms with Crippen LogP contribution in [0.15, 0.2) is 54.6 Å². The van der Waals surface area contributed by atoms with Crippen LogP contribution in [0.1, 0.15) is 36.8 Å². The van der Waals surface area contributed by atoms with Gasteiger partial charge in [0.25, 0.3) is 0 Å². The van der Waals surface area contributed by atoms with Gasteiger partial charge in [-0.25, -0.2) is 4.98 Å². The summed E-state index contributed by atoms with van der Waals surface area (Å²) in [7, 11) is 0. The molecule has 2 aliphatic rings. The maximum absolute atomic E-state index is 13.8. The lowest BCUT2D eigenvalue weighted by molar-refractivity contribution is -0.142. The number of ether oxygens (including phenoxy) is 1. The van der Waals surface area contributed by atoms with Crippen LogP contribution in [0.5, 0.6) is 0 Å². The van der Waals surface area contributed by atoms with E-state index >= 15 is 0 Å². The van der Waals surface area contributed by atoms with Gasteiger partial charge >= 0.3 is 0 Å². The fraction of sp³-hybridized carbons (Fsp3) is 0.423. The third-order valence-electron chi connectivity index (χ3n) is 6.77. The zero-order chi connectivity index (χ0) is 23.5. The second-order valence-corrected chi connectivity index (χ2v) is 8.98. The number of hydrogen-bond donors (Lipinski definition) is 1. The van der Waals surface area contributed by atoms with Crippen molar-refractivity contribution >= 4 is 22.8 Å². The number of fused-ring (bicyclic) bond motifs is 3. The highest BCUT2D eigenvalue weighted by atomic mass is 16.5. The van der Waals surface area contributed by atoms with Crippen LogP contribution in [0.3, 0.4) is 0 Å². The number of nitrogens with zero attached hydrogens (tertiary/aromatic N) is 4. The Morgan fingerprint density at radius 2 is 1.82 bits per heavy atom. The predicted octanol–water partition coefficient (Wildman–Crippen LogP) is 2.52. The van der Waals surface area contributed by atoms with E-state index < -0.39 is 6.04 Å². The van der Waals surface area contributed by atoms with Crippen LogP contribution in [0.25, 0.3) is 11.0 Å². The molecule has 8 nitrogen and oxygen atoms in total. The number of morpholine rings is 1. The average molecular weight is 462 g/mol. The van der Waals surface area contributed by atoms with Gasteiger partial charge in [0.15, 0.2) is 0 Å². The minimum atomic E-state index is -0.620. The first kappa shape index (κ1) is 22.6. The molecule has 0 unspecified atom stereocenters. The highest BCUT2D eigenvalue weighted by Crippen LogP contribution is 2.37. The number of nitrogens with one attached hydrogen (secondary N) is 1. The van der Waals surface area contributed by atoms with Crippen molar-refractivity contribution in [3.05, 3.63) is 66.0 Å². The SMILES string of the molecule is C[C@H]1c2nc3ccccc3n2[C@H](CC(=O)NCCN2CCOCC2)C(=O)N1Cc1ccccc1. The lowest BCUT2D eigenvalue weighted by Gasteiger charge is -2.38. The first-order valence-corrected chi connectivity index (χ1v) is 12.0. The number of imidazole rings is 1. The Morgan fingerprint density at radius 3 is 2.62 bits per heavy atom. The Balaban J connectivity index is 1.37. The van der Waals surface area contributed by atoms with Gasteiger partial charge in [0.1, 0.15) is 11.9 Å². The summed E-state index contributed by atoms with van der Waals surface area (Å²) in [6, 6.07) is 17.0. The van der Waals surface area contributed by atoms with Crippen LogP contribution in [-0.2, 0) is 20.9 Å². The van der Waals surface area contributed by atoms with E-state index in [9.17, 15) is 9.59 Å². The fourth-order valence-corrected chi connectivity index (χ4v) is 4.92. The van der Waals surface area contributed by atoms with Crippen molar-refractivity contribution < 1.29 is 14.3 Å². The number of carbonyl (C=O) groups excluding carboxylic acids is 2. The molecule has 1 fully saturated rings. The molecule has 8 heteroatoms. The summed E-state index contributed by atoms with van der Waals surface area (Å²) < 4.78 is 7.36. The molecule has 3 heterocycles. The van der Waals surface area contributed by atoms with Gasteiger partial charge in [-0.1, -0.05) is 42.5 Å². The summed E-state index contributed by atoms with van der Waals surface area (Å²) in [5.41, 5.74) is 2.79. The van der Waals surface area contributed by atoms with Crippen LogP contribution >= 0.6 is 0 Å². The molecule has 2 atom stereocenters. The van der Waals surface area contributed by atoms with E-state index in [0.717, 1.165) is 55.3 Å². The molecular formula is C26H31N5O3. The van der Waals surface area contributed by atoms with E-state index in [-0.39, 0.29) is 24.3 Å². The highest BCUT2D eigenvalue weighted by molar-refractivity contribution is 5.90. The summed E-state index contributed by atoms with van der Waals surface area (Å²) in [4.78, 5) is 35.7. The minimum absolute atomic E-state index is 0.0460. The normalized spacial score (nSPS) is 21.0. The molecular weight excluding hydrogens is 430 g/mol. The summed E-state index contributed by atoms with van der Waals surface area (Å²) in [5, 5.41) is 3.02. The fourth-order valence-electron chi connectivity index (χ4n) is 4.92. The Labute approximate surface area is 199 Å². The smallest absolute Gasteiger partial charge is 0.247 e. The molecule has 0 radical (unpaired) electrons. The van der Waals surface area contributed by atoms with Gasteiger partial charge in [0.2, 0.25) is 11.8 Å². The first-order valence-electron chi connectivity index (χ1n) is 12.0. The van der Waals surface area contributed by atoms with Crippen molar-refractivity contribution in [3.8, 4) is 0 Å². The van der Waals surface area contributed by atoms with Gasteiger partial charge in [0, 0.05) is 32.7 Å². The van der Waals surface area contributed by atoms with Crippen molar-refractivity contribution in [3.63, 3.8) is 0 Å². The monoisotopic (exact) mass is 461 g/mol. The maximum atomic E-state index is 13.8. The average Bonchev–Trinajstić information content (AvgIpc) is 3.25. The molecule has 1 aromatic heterocycles. The number of para-hydroxylation sites is 2. The second kappa shape index (κ2) is 9.95. The molecule has 2 amide bonds. The third kappa shape index (κ3) is 4.56. The predicted molar refractivity (Wildman–Crippen MR) is 129 cm³/mol. The quantitative estimate of drug-likeness (QED) is 0.585. The summed E-state index contributed by atoms with van der Waals surface area (Å²) in [6.07, 6.45) is 0.0906. The van der Waals surface area contributed by atoms with E-state index in [1.165, 1.54) is 0 Å². The Morgan fingerprint density at radius 1 is 1.09 bits per heavy atom. The van der Waals surface area contributed by atoms with E-state index in [0.29, 0.717) is 13.1 Å². The molecule has 0 spiro atoms. The summed E-state index contributed by atoms with van der Waals surface area (Å²) >= 11 is 0. The maximum Gasteiger partial charge on any atom is 0.247 e. The summed E-state index contributed by atoms with van der Waals surface area (Å²) in [5.74, 6) is 0.655. The molecule has 0 saturated carbocycles. The molecule has 178 valence electrons. The van der Waals surface area contributed by atoms with Gasteiger partial charge in [-0.05, 0) is 24.6 Å². The Hall–Kier alpha value is -3.23. The van der Waals surface area contributed by atoms with Crippen LogP contribution in [0, 0.1) is 0 Å². The minimum Gasteiger partial charge on any atom is -0.379 e. The van der Waals surface area contributed by atoms with E-state index in [1.807, 2.05) is 71.0 Å². The molecule has 0 aliphatic carbocycles. The zero-order valence-electron chi connectivity index (χ0n) is 19.5. The number of hydrogen-bond acceptors (Lipinski definition) is 5. The summed E-state index contributed by atoms with van der Waals surface area (Å²) in [6.45, 7) is 7.07. The molecule has 1 N–H and O–H groups in total. The van der Waals surface area contributed by atoms with E-state index in [4.69, 9.17) is 9.72 Å². The van der Waals surface area contributed by atoms with Crippen molar-refractivity contribution in [2.75, 3.05) is 39.4 Å². The van der Waals surface area contributed by atoms with Gasteiger partial charge in [0.05, 0.1) is 36.7 Å². The first-order chi connectivity index (χ1) is 16.6. The standard InChI is InChI=1S/C26H31N5O3/c1-19-25-28-21-9-5-6-10-22(21)31(25)23(26(33)30(19)18-20-7-3-2-4-8-20)17-24(32)27-11-12-29-13-15-34-16-14-29/h2-10,19,23H,11-18H2,1H3,(H,27,32)/t19-,23+/m0/s1. The molecule has 2 aliphatic heterocycles. The van der Waals surface area contributed by atoms with Crippen LogP contribution in [0.2, 0.25) is 0 Å². The second-order valence-electron chi connectivity index (χ2n) is 8.98. The van der Waals surface area contributed by atoms with Gasteiger partial charge in [-0.15, -0.1) is 0 Å². The van der Waals surface area contributed by atoms with Gasteiger partial charge < -0.3 is 19.5 Å². The lowest BCUT2D eigenvalue weighted by atomic mass is 10.0. The van der Waals surface area contributed by atoms with Crippen LogP contribution in [0.4, 0.5) is 0 Å². The molecule has 1 saturated heterocycles. The van der Waals surface area contributed by atoms with Crippen LogP contribution < -0.4 is 5.32 Å². The van der Waals surface area contributed by atoms with E-state index in [1.54, 1.807) is 0 Å². The topological polar surface area (TPSA) is 79.7 Å². The number of aromatic nitrogens is 2. The Bertz CT molecular complexity index is 1160. The molecule has 5 rings (SSSR count). The van der Waals surface area contributed by atoms with Crippen molar-refractivity contribution in [1.29, 1.82) is 0 Å². The molecule has 0 bridgehead atoms. The number of rotatable bonds is 7. The number of amides is 2. The lowest BCUT2D eigenvalue weighted by Crippen LogP contribution is -2.46.